The Kier molecular flexibility index (Phi) is 5.53. The summed E-state index contributed by atoms with van der Waals surface area (Å²) in [5.74, 6) is 0.154. The van der Waals surface area contributed by atoms with Gasteiger partial charge in [0, 0.05) is 24.2 Å². The van der Waals surface area contributed by atoms with Crippen LogP contribution in [0.5, 0.6) is 0 Å². The van der Waals surface area contributed by atoms with E-state index >= 15 is 0 Å². The Morgan fingerprint density at radius 2 is 1.96 bits per heavy atom. The van der Waals surface area contributed by atoms with E-state index in [0.717, 1.165) is 44.4 Å². The van der Waals surface area contributed by atoms with Crippen LogP contribution < -0.4 is 5.32 Å². The normalized spacial score (nSPS) is 28.5. The molecule has 0 radical (unpaired) electrons. The summed E-state index contributed by atoms with van der Waals surface area (Å²) in [7, 11) is 0. The molecule has 0 spiro atoms. The van der Waals surface area contributed by atoms with Gasteiger partial charge >= 0.3 is 0 Å². The summed E-state index contributed by atoms with van der Waals surface area (Å²) < 4.78 is 6.04. The highest BCUT2D eigenvalue weighted by Gasteiger charge is 2.43. The second kappa shape index (κ2) is 7.87. The minimum atomic E-state index is -0.396. The van der Waals surface area contributed by atoms with Gasteiger partial charge in [0.05, 0.1) is 18.1 Å². The number of ether oxygens (including phenoxy) is 1. The molecular formula is C21H29ClN2O2. The Hall–Kier alpha value is -1.10. The van der Waals surface area contributed by atoms with E-state index < -0.39 is 5.41 Å². The van der Waals surface area contributed by atoms with Crippen molar-refractivity contribution in [3.8, 4) is 0 Å². The van der Waals surface area contributed by atoms with Crippen LogP contribution >= 0.6 is 11.6 Å². The second-order valence-electron chi connectivity index (χ2n) is 8.11. The van der Waals surface area contributed by atoms with Crippen LogP contribution in [0.2, 0.25) is 5.02 Å². The number of hydrogen-bond donors (Lipinski definition) is 1. The molecule has 3 fully saturated rings. The maximum absolute atomic E-state index is 13.2. The maximum Gasteiger partial charge on any atom is 0.230 e. The lowest BCUT2D eigenvalue weighted by Gasteiger charge is -2.42. The zero-order chi connectivity index (χ0) is 18.0. The van der Waals surface area contributed by atoms with Crippen molar-refractivity contribution in [3.05, 3.63) is 34.9 Å². The Morgan fingerprint density at radius 1 is 1.19 bits per heavy atom. The second-order valence-corrected chi connectivity index (χ2v) is 8.54. The predicted octanol–water partition coefficient (Wildman–Crippen LogP) is 3.52. The lowest BCUT2D eigenvalue weighted by atomic mass is 9.78. The number of halogens is 1. The summed E-state index contributed by atoms with van der Waals surface area (Å²) >= 11 is 6.04. The highest BCUT2D eigenvalue weighted by atomic mass is 35.5. The van der Waals surface area contributed by atoms with Gasteiger partial charge in [-0.15, -0.1) is 0 Å². The fraction of sp³-hybridized carbons (Fsp3) is 0.667. The SMILES string of the molecule is O=C(NC[C@H]1CN2CCCC[C@@H]2CO1)C1(c2ccc(Cl)cc2)CCCC1. The van der Waals surface area contributed by atoms with E-state index in [-0.39, 0.29) is 12.0 Å². The fourth-order valence-corrected chi connectivity index (χ4v) is 5.07. The molecule has 1 aromatic rings. The molecule has 0 aromatic heterocycles. The van der Waals surface area contributed by atoms with E-state index in [9.17, 15) is 4.79 Å². The van der Waals surface area contributed by atoms with Gasteiger partial charge in [-0.2, -0.15) is 0 Å². The van der Waals surface area contributed by atoms with Gasteiger partial charge in [-0.1, -0.05) is 43.0 Å². The summed E-state index contributed by atoms with van der Waals surface area (Å²) in [4.78, 5) is 15.7. The van der Waals surface area contributed by atoms with Gasteiger partial charge in [0.2, 0.25) is 5.91 Å². The molecule has 4 rings (SSSR count). The topological polar surface area (TPSA) is 41.6 Å². The molecule has 4 nitrogen and oxygen atoms in total. The van der Waals surface area contributed by atoms with E-state index in [1.165, 1.54) is 25.8 Å². The zero-order valence-corrected chi connectivity index (χ0v) is 16.1. The molecule has 2 saturated heterocycles. The van der Waals surface area contributed by atoms with Crippen molar-refractivity contribution in [2.75, 3.05) is 26.2 Å². The third kappa shape index (κ3) is 3.64. The number of benzene rings is 1. The summed E-state index contributed by atoms with van der Waals surface area (Å²) in [5.41, 5.74) is 0.699. The summed E-state index contributed by atoms with van der Waals surface area (Å²) in [6.07, 6.45) is 8.00. The fourth-order valence-electron chi connectivity index (χ4n) is 4.94. The molecule has 3 aliphatic rings. The molecule has 5 heteroatoms. The minimum absolute atomic E-state index is 0.108. The van der Waals surface area contributed by atoms with Crippen LogP contribution in [-0.2, 0) is 14.9 Å². The first-order valence-electron chi connectivity index (χ1n) is 10.1. The molecule has 1 N–H and O–H groups in total. The molecule has 2 atom stereocenters. The first-order valence-corrected chi connectivity index (χ1v) is 10.5. The monoisotopic (exact) mass is 376 g/mol. The molecule has 2 aliphatic heterocycles. The van der Waals surface area contributed by atoms with Crippen LogP contribution in [0.3, 0.4) is 0 Å². The van der Waals surface area contributed by atoms with Crippen molar-refractivity contribution in [1.29, 1.82) is 0 Å². The lowest BCUT2D eigenvalue weighted by molar-refractivity contribution is -0.128. The number of amides is 1. The van der Waals surface area contributed by atoms with E-state index in [2.05, 4.69) is 10.2 Å². The Labute approximate surface area is 161 Å². The van der Waals surface area contributed by atoms with E-state index in [1.54, 1.807) is 0 Å². The standard InChI is InChI=1S/C21H29ClN2O2/c22-17-8-6-16(7-9-17)21(10-2-3-11-21)20(25)23-13-19-14-24-12-4-1-5-18(24)15-26-19/h6-9,18-19H,1-5,10-15H2,(H,23,25)/t18-,19+/m1/s1. The number of morpholine rings is 1. The predicted molar refractivity (Wildman–Crippen MR) is 104 cm³/mol. The van der Waals surface area contributed by atoms with Gasteiger partial charge in [0.1, 0.15) is 0 Å². The molecule has 142 valence electrons. The van der Waals surface area contributed by atoms with Crippen molar-refractivity contribution in [1.82, 2.24) is 10.2 Å². The van der Waals surface area contributed by atoms with Gasteiger partial charge in [-0.05, 0) is 49.9 Å². The van der Waals surface area contributed by atoms with Crippen LogP contribution in [0.25, 0.3) is 0 Å². The van der Waals surface area contributed by atoms with Gasteiger partial charge < -0.3 is 10.1 Å². The third-order valence-corrected chi connectivity index (χ3v) is 6.74. The van der Waals surface area contributed by atoms with E-state index in [4.69, 9.17) is 16.3 Å². The van der Waals surface area contributed by atoms with Crippen LogP contribution in [0.4, 0.5) is 0 Å². The highest BCUT2D eigenvalue weighted by Crippen LogP contribution is 2.41. The van der Waals surface area contributed by atoms with Crippen LogP contribution in [0, 0.1) is 0 Å². The van der Waals surface area contributed by atoms with Crippen molar-refractivity contribution in [3.63, 3.8) is 0 Å². The quantitative estimate of drug-likeness (QED) is 0.874. The highest BCUT2D eigenvalue weighted by molar-refractivity contribution is 6.30. The van der Waals surface area contributed by atoms with Crippen molar-refractivity contribution in [2.45, 2.75) is 62.5 Å². The Morgan fingerprint density at radius 3 is 2.73 bits per heavy atom. The first-order chi connectivity index (χ1) is 12.7. The molecule has 1 aliphatic carbocycles. The van der Waals surface area contributed by atoms with Gasteiger partial charge in [0.15, 0.2) is 0 Å². The largest absolute Gasteiger partial charge is 0.373 e. The van der Waals surface area contributed by atoms with Gasteiger partial charge in [-0.3, -0.25) is 9.69 Å². The van der Waals surface area contributed by atoms with Gasteiger partial charge in [-0.25, -0.2) is 0 Å². The average molecular weight is 377 g/mol. The lowest BCUT2D eigenvalue weighted by Crippen LogP contribution is -2.55. The molecule has 1 amide bonds. The number of fused-ring (bicyclic) bond motifs is 1. The van der Waals surface area contributed by atoms with Crippen molar-refractivity contribution >= 4 is 17.5 Å². The molecular weight excluding hydrogens is 348 g/mol. The van der Waals surface area contributed by atoms with Crippen LogP contribution in [0.15, 0.2) is 24.3 Å². The zero-order valence-electron chi connectivity index (χ0n) is 15.4. The number of carbonyl (C=O) groups excluding carboxylic acids is 1. The summed E-state index contributed by atoms with van der Waals surface area (Å²) in [6, 6.07) is 8.41. The molecule has 1 aromatic carbocycles. The van der Waals surface area contributed by atoms with Gasteiger partial charge in [0.25, 0.3) is 0 Å². The molecule has 2 heterocycles. The maximum atomic E-state index is 13.2. The van der Waals surface area contributed by atoms with Crippen molar-refractivity contribution < 1.29 is 9.53 Å². The molecule has 1 saturated carbocycles. The third-order valence-electron chi connectivity index (χ3n) is 6.49. The van der Waals surface area contributed by atoms with E-state index in [0.29, 0.717) is 17.6 Å². The van der Waals surface area contributed by atoms with Crippen molar-refractivity contribution in [2.24, 2.45) is 0 Å². The number of nitrogens with one attached hydrogen (secondary N) is 1. The smallest absolute Gasteiger partial charge is 0.230 e. The number of hydrogen-bond acceptors (Lipinski definition) is 3. The number of nitrogens with zero attached hydrogens (tertiary/aromatic N) is 1. The first kappa shape index (κ1) is 18.3. The minimum Gasteiger partial charge on any atom is -0.373 e. The summed E-state index contributed by atoms with van der Waals surface area (Å²) in [5, 5.41) is 3.94. The van der Waals surface area contributed by atoms with E-state index in [1.807, 2.05) is 24.3 Å². The average Bonchev–Trinajstić information content (AvgIpc) is 3.17. The van der Waals surface area contributed by atoms with Crippen LogP contribution in [0.1, 0.15) is 50.5 Å². The molecule has 26 heavy (non-hydrogen) atoms. The molecule has 0 bridgehead atoms. The molecule has 0 unspecified atom stereocenters. The summed E-state index contributed by atoms with van der Waals surface area (Å²) in [6.45, 7) is 3.53. The van der Waals surface area contributed by atoms with Crippen LogP contribution in [-0.4, -0.2) is 49.2 Å². The Balaban J connectivity index is 1.39. The number of carbonyl (C=O) groups is 1. The number of piperidine rings is 1. The number of rotatable bonds is 4. The Bertz CT molecular complexity index is 627.